The molecule has 19 heavy (non-hydrogen) atoms. The molecule has 1 saturated carbocycles. The van der Waals surface area contributed by atoms with Gasteiger partial charge in [-0.3, -0.25) is 9.59 Å². The lowest BCUT2D eigenvalue weighted by Crippen LogP contribution is -2.28. The number of aromatic nitrogens is 1. The lowest BCUT2D eigenvalue weighted by atomic mass is 10.1. The van der Waals surface area contributed by atoms with E-state index >= 15 is 0 Å². The molecule has 0 spiro atoms. The summed E-state index contributed by atoms with van der Waals surface area (Å²) in [4.78, 5) is 38.9. The zero-order chi connectivity index (χ0) is 14.0. The maximum Gasteiger partial charge on any atom is 0.358 e. The van der Waals surface area contributed by atoms with Crippen molar-refractivity contribution >= 4 is 17.5 Å². The largest absolute Gasteiger partial charge is 0.442 e. The summed E-state index contributed by atoms with van der Waals surface area (Å²) in [6.45, 7) is 3.92. The van der Waals surface area contributed by atoms with E-state index in [0.717, 1.165) is 5.69 Å². The zero-order valence-corrected chi connectivity index (χ0v) is 10.9. The lowest BCUT2D eigenvalue weighted by molar-refractivity contribution is -0.133. The Balaban J connectivity index is 2.14. The number of rotatable bonds is 3. The average molecular weight is 261 g/mol. The minimum Gasteiger partial charge on any atom is -0.442 e. The molecule has 1 fully saturated rings. The third-order valence-corrected chi connectivity index (χ3v) is 3.00. The number of ether oxygens (including phenoxy) is 1. The molecule has 2 rings (SSSR count). The Labute approximate surface area is 111 Å². The van der Waals surface area contributed by atoms with Gasteiger partial charge in [-0.2, -0.15) is 0 Å². The average Bonchev–Trinajstić information content (AvgIpc) is 2.70. The minimum absolute atomic E-state index is 0.124. The van der Waals surface area contributed by atoms with Gasteiger partial charge >= 0.3 is 5.97 Å². The highest BCUT2D eigenvalue weighted by molar-refractivity contribution is 6.12. The fourth-order valence-corrected chi connectivity index (χ4v) is 1.87. The molecule has 1 aliphatic rings. The summed E-state index contributed by atoms with van der Waals surface area (Å²) < 4.78 is 4.96. The van der Waals surface area contributed by atoms with Crippen LogP contribution in [-0.4, -0.2) is 28.6 Å². The van der Waals surface area contributed by atoms with Gasteiger partial charge in [0.15, 0.2) is 11.6 Å². The standard InChI is InChI=1S/C14H15NO4/c1-8(2)9-4-3-5-10(15-9)14(18)19-13-11(16)6-7-12(13)17/h3-5,8,13H,6-7H2,1-2H3. The Bertz CT molecular complexity index is 520. The van der Waals surface area contributed by atoms with Gasteiger partial charge in [0.05, 0.1) is 0 Å². The molecule has 0 bridgehead atoms. The van der Waals surface area contributed by atoms with Crippen LogP contribution in [0.5, 0.6) is 0 Å². The number of ketones is 2. The monoisotopic (exact) mass is 261 g/mol. The van der Waals surface area contributed by atoms with Gasteiger partial charge in [-0.25, -0.2) is 9.78 Å². The highest BCUT2D eigenvalue weighted by Gasteiger charge is 2.36. The first-order valence-corrected chi connectivity index (χ1v) is 6.22. The summed E-state index contributed by atoms with van der Waals surface area (Å²) >= 11 is 0. The van der Waals surface area contributed by atoms with Crippen molar-refractivity contribution in [2.45, 2.75) is 38.7 Å². The number of nitrogens with zero attached hydrogens (tertiary/aromatic N) is 1. The first kappa shape index (κ1) is 13.4. The Morgan fingerprint density at radius 1 is 1.26 bits per heavy atom. The third-order valence-electron chi connectivity index (χ3n) is 3.00. The molecule has 0 unspecified atom stereocenters. The first-order chi connectivity index (χ1) is 8.99. The van der Waals surface area contributed by atoms with Crippen molar-refractivity contribution < 1.29 is 19.1 Å². The number of hydrogen-bond donors (Lipinski definition) is 0. The number of pyridine rings is 1. The van der Waals surface area contributed by atoms with E-state index in [9.17, 15) is 14.4 Å². The topological polar surface area (TPSA) is 73.3 Å². The predicted molar refractivity (Wildman–Crippen MR) is 66.8 cm³/mol. The second-order valence-corrected chi connectivity index (χ2v) is 4.82. The molecule has 0 radical (unpaired) electrons. The van der Waals surface area contributed by atoms with Crippen LogP contribution >= 0.6 is 0 Å². The van der Waals surface area contributed by atoms with Crippen LogP contribution in [0.1, 0.15) is 48.8 Å². The van der Waals surface area contributed by atoms with E-state index < -0.39 is 12.1 Å². The highest BCUT2D eigenvalue weighted by atomic mass is 16.6. The number of hydrogen-bond acceptors (Lipinski definition) is 5. The quantitative estimate of drug-likeness (QED) is 0.611. The van der Waals surface area contributed by atoms with Crippen molar-refractivity contribution in [2.24, 2.45) is 0 Å². The molecule has 0 atom stereocenters. The normalized spacial score (nSPS) is 16.2. The van der Waals surface area contributed by atoms with E-state index in [1.807, 2.05) is 19.9 Å². The van der Waals surface area contributed by atoms with E-state index in [1.54, 1.807) is 6.07 Å². The molecule has 1 aliphatic carbocycles. The van der Waals surface area contributed by atoms with Crippen LogP contribution < -0.4 is 0 Å². The van der Waals surface area contributed by atoms with Crippen LogP contribution in [0.2, 0.25) is 0 Å². The van der Waals surface area contributed by atoms with Gasteiger partial charge in [0.1, 0.15) is 5.69 Å². The number of esters is 1. The van der Waals surface area contributed by atoms with Gasteiger partial charge in [0, 0.05) is 18.5 Å². The van der Waals surface area contributed by atoms with Crippen LogP contribution in [0, 0.1) is 0 Å². The zero-order valence-electron chi connectivity index (χ0n) is 10.9. The predicted octanol–water partition coefficient (Wildman–Crippen LogP) is 1.66. The van der Waals surface area contributed by atoms with Crippen molar-refractivity contribution in [3.8, 4) is 0 Å². The Morgan fingerprint density at radius 3 is 2.47 bits per heavy atom. The van der Waals surface area contributed by atoms with Crippen LogP contribution in [-0.2, 0) is 14.3 Å². The van der Waals surface area contributed by atoms with Gasteiger partial charge in [-0.05, 0) is 18.1 Å². The van der Waals surface area contributed by atoms with E-state index in [1.165, 1.54) is 6.07 Å². The number of Topliss-reactive ketones (excluding diaryl/α,β-unsaturated/α-hetero) is 2. The summed E-state index contributed by atoms with van der Waals surface area (Å²) in [6, 6.07) is 5.03. The molecule has 1 aromatic heterocycles. The van der Waals surface area contributed by atoms with Gasteiger partial charge in [-0.15, -0.1) is 0 Å². The van der Waals surface area contributed by atoms with E-state index in [2.05, 4.69) is 4.98 Å². The molecular formula is C14H15NO4. The molecule has 100 valence electrons. The Kier molecular flexibility index (Phi) is 3.74. The fraction of sp³-hybridized carbons (Fsp3) is 0.429. The second-order valence-electron chi connectivity index (χ2n) is 4.82. The van der Waals surface area contributed by atoms with Crippen LogP contribution in [0.25, 0.3) is 0 Å². The highest BCUT2D eigenvalue weighted by Crippen LogP contribution is 2.17. The van der Waals surface area contributed by atoms with Gasteiger partial charge in [0.2, 0.25) is 6.10 Å². The molecule has 5 nitrogen and oxygen atoms in total. The minimum atomic E-state index is -1.24. The Hall–Kier alpha value is -2.04. The molecule has 1 heterocycles. The third kappa shape index (κ3) is 2.86. The fourth-order valence-electron chi connectivity index (χ4n) is 1.87. The summed E-state index contributed by atoms with van der Waals surface area (Å²) in [5.74, 6) is -1.21. The van der Waals surface area contributed by atoms with E-state index in [0.29, 0.717) is 0 Å². The first-order valence-electron chi connectivity index (χ1n) is 6.22. The summed E-state index contributed by atoms with van der Waals surface area (Å²) in [7, 11) is 0. The number of carbonyl (C=O) groups is 3. The maximum atomic E-state index is 11.9. The molecule has 0 aliphatic heterocycles. The molecule has 0 saturated heterocycles. The van der Waals surface area contributed by atoms with Crippen molar-refractivity contribution in [2.75, 3.05) is 0 Å². The molecule has 0 aromatic carbocycles. The Morgan fingerprint density at radius 2 is 1.89 bits per heavy atom. The van der Waals surface area contributed by atoms with E-state index in [-0.39, 0.29) is 36.0 Å². The molecule has 5 heteroatoms. The molecular weight excluding hydrogens is 246 g/mol. The number of carbonyl (C=O) groups excluding carboxylic acids is 3. The smallest absolute Gasteiger partial charge is 0.358 e. The molecule has 0 amide bonds. The summed E-state index contributed by atoms with van der Waals surface area (Å²) in [5, 5.41) is 0. The second kappa shape index (κ2) is 5.30. The summed E-state index contributed by atoms with van der Waals surface area (Å²) in [6.07, 6.45) is -0.941. The molecule has 1 aromatic rings. The van der Waals surface area contributed by atoms with Crippen LogP contribution in [0.3, 0.4) is 0 Å². The van der Waals surface area contributed by atoms with Gasteiger partial charge in [0.25, 0.3) is 0 Å². The van der Waals surface area contributed by atoms with Crippen molar-refractivity contribution in [3.63, 3.8) is 0 Å². The van der Waals surface area contributed by atoms with Crippen molar-refractivity contribution in [1.82, 2.24) is 4.98 Å². The molecule has 0 N–H and O–H groups in total. The maximum absolute atomic E-state index is 11.9. The van der Waals surface area contributed by atoms with Crippen molar-refractivity contribution in [1.29, 1.82) is 0 Å². The summed E-state index contributed by atoms with van der Waals surface area (Å²) in [5.41, 5.74) is 0.886. The van der Waals surface area contributed by atoms with Crippen molar-refractivity contribution in [3.05, 3.63) is 29.6 Å². The van der Waals surface area contributed by atoms with Crippen LogP contribution in [0.4, 0.5) is 0 Å². The van der Waals surface area contributed by atoms with E-state index in [4.69, 9.17) is 4.74 Å². The van der Waals surface area contributed by atoms with Gasteiger partial charge in [-0.1, -0.05) is 19.9 Å². The van der Waals surface area contributed by atoms with Crippen LogP contribution in [0.15, 0.2) is 18.2 Å². The SMILES string of the molecule is CC(C)c1cccc(C(=O)OC2C(=O)CCC2=O)n1. The van der Waals surface area contributed by atoms with Gasteiger partial charge < -0.3 is 4.74 Å². The lowest BCUT2D eigenvalue weighted by Gasteiger charge is -2.10.